The van der Waals surface area contributed by atoms with Gasteiger partial charge in [0, 0.05) is 18.7 Å². The van der Waals surface area contributed by atoms with Gasteiger partial charge in [0.1, 0.15) is 0 Å². The van der Waals surface area contributed by atoms with Crippen LogP contribution in [0.4, 0.5) is 0 Å². The van der Waals surface area contributed by atoms with Gasteiger partial charge in [-0.1, -0.05) is 20.8 Å². The summed E-state index contributed by atoms with van der Waals surface area (Å²) in [5.74, 6) is 0.766. The topological polar surface area (TPSA) is 70.6 Å². The van der Waals surface area contributed by atoms with Crippen LogP contribution in [0, 0.1) is 23.2 Å². The summed E-state index contributed by atoms with van der Waals surface area (Å²) in [6.07, 6.45) is 6.36. The highest BCUT2D eigenvalue weighted by Gasteiger charge is 2.35. The van der Waals surface area contributed by atoms with Crippen molar-refractivity contribution in [2.75, 3.05) is 6.54 Å². The smallest absolute Gasteiger partial charge is 0.248 e. The third-order valence-electron chi connectivity index (χ3n) is 4.51. The van der Waals surface area contributed by atoms with Gasteiger partial charge in [-0.25, -0.2) is 5.43 Å². The number of hydrogen-bond donors (Lipinski definition) is 2. The molecule has 5 heteroatoms. The quantitative estimate of drug-likeness (QED) is 0.762. The lowest BCUT2D eigenvalue weighted by Gasteiger charge is -2.38. The Bertz CT molecular complexity index is 431. The van der Waals surface area contributed by atoms with E-state index in [4.69, 9.17) is 0 Å². The monoisotopic (exact) mass is 293 g/mol. The zero-order chi connectivity index (χ0) is 15.5. The molecule has 1 fully saturated rings. The second-order valence-corrected chi connectivity index (χ2v) is 7.40. The van der Waals surface area contributed by atoms with Crippen molar-refractivity contribution in [3.05, 3.63) is 0 Å². The van der Waals surface area contributed by atoms with Gasteiger partial charge in [0.15, 0.2) is 0 Å². The lowest BCUT2D eigenvalue weighted by Crippen LogP contribution is -2.38. The van der Waals surface area contributed by atoms with E-state index < -0.39 is 0 Å². The summed E-state index contributed by atoms with van der Waals surface area (Å²) in [6, 6.07) is 0. The van der Waals surface area contributed by atoms with Gasteiger partial charge in [-0.2, -0.15) is 5.10 Å². The predicted octanol–water partition coefficient (Wildman–Crippen LogP) is 2.08. The Labute approximate surface area is 126 Å². The highest BCUT2D eigenvalue weighted by molar-refractivity contribution is 5.97. The fourth-order valence-electron chi connectivity index (χ4n) is 3.77. The molecule has 0 radical (unpaired) electrons. The minimum atomic E-state index is -0.129. The minimum absolute atomic E-state index is 0.0378. The molecule has 118 valence electrons. The molecule has 0 aromatic carbocycles. The van der Waals surface area contributed by atoms with Crippen molar-refractivity contribution < 1.29 is 9.59 Å². The molecule has 2 N–H and O–H groups in total. The van der Waals surface area contributed by atoms with E-state index in [1.54, 1.807) is 6.21 Å². The first-order valence-electron chi connectivity index (χ1n) is 7.98. The van der Waals surface area contributed by atoms with E-state index in [1.807, 2.05) is 0 Å². The van der Waals surface area contributed by atoms with Crippen molar-refractivity contribution in [3.63, 3.8) is 0 Å². The molecule has 2 rings (SSSR count). The maximum atomic E-state index is 12.3. The van der Waals surface area contributed by atoms with Crippen LogP contribution in [-0.4, -0.2) is 24.6 Å². The molecule has 1 aliphatic heterocycles. The van der Waals surface area contributed by atoms with Crippen LogP contribution in [0.3, 0.4) is 0 Å². The molecular formula is C16H27N3O2. The SMILES string of the molecule is CC1CC(C(=O)NCCCC2C=NNC2=O)CC(C)(C)C1. The lowest BCUT2D eigenvalue weighted by molar-refractivity contribution is -0.128. The molecule has 1 aliphatic carbocycles. The second kappa shape index (κ2) is 6.58. The van der Waals surface area contributed by atoms with Crippen molar-refractivity contribution in [2.24, 2.45) is 28.3 Å². The minimum Gasteiger partial charge on any atom is -0.356 e. The largest absolute Gasteiger partial charge is 0.356 e. The number of carbonyl (C=O) groups excluding carboxylic acids is 2. The predicted molar refractivity (Wildman–Crippen MR) is 82.7 cm³/mol. The van der Waals surface area contributed by atoms with Crippen LogP contribution in [-0.2, 0) is 9.59 Å². The van der Waals surface area contributed by atoms with Gasteiger partial charge in [-0.3, -0.25) is 9.59 Å². The van der Waals surface area contributed by atoms with E-state index in [0.717, 1.165) is 25.7 Å². The highest BCUT2D eigenvalue weighted by Crippen LogP contribution is 2.41. The van der Waals surface area contributed by atoms with Crippen LogP contribution in [0.25, 0.3) is 0 Å². The standard InChI is InChI=1S/C16H27N3O2/c1-11-7-13(9-16(2,3)8-11)14(20)17-6-4-5-12-10-18-19-15(12)21/h10-13H,4-9H2,1-3H3,(H,17,20)(H,19,21). The van der Waals surface area contributed by atoms with E-state index >= 15 is 0 Å². The number of amides is 2. The van der Waals surface area contributed by atoms with Crippen LogP contribution >= 0.6 is 0 Å². The molecule has 21 heavy (non-hydrogen) atoms. The lowest BCUT2D eigenvalue weighted by atomic mass is 9.68. The number of carbonyl (C=O) groups is 2. The molecular weight excluding hydrogens is 266 g/mol. The molecule has 5 nitrogen and oxygen atoms in total. The molecule has 3 unspecified atom stereocenters. The van der Waals surface area contributed by atoms with Gasteiger partial charge in [0.05, 0.1) is 5.92 Å². The molecule has 3 atom stereocenters. The van der Waals surface area contributed by atoms with Crippen LogP contribution < -0.4 is 10.7 Å². The van der Waals surface area contributed by atoms with Crippen molar-refractivity contribution in [2.45, 2.75) is 52.9 Å². The molecule has 0 spiro atoms. The van der Waals surface area contributed by atoms with Gasteiger partial charge in [0.2, 0.25) is 11.8 Å². The molecule has 0 bridgehead atoms. The van der Waals surface area contributed by atoms with Crippen LogP contribution in [0.5, 0.6) is 0 Å². The molecule has 2 amide bonds. The van der Waals surface area contributed by atoms with Gasteiger partial charge in [0.25, 0.3) is 0 Å². The van der Waals surface area contributed by atoms with Gasteiger partial charge in [-0.05, 0) is 43.4 Å². The van der Waals surface area contributed by atoms with Gasteiger partial charge < -0.3 is 5.32 Å². The molecule has 1 heterocycles. The maximum absolute atomic E-state index is 12.3. The maximum Gasteiger partial charge on any atom is 0.248 e. The fraction of sp³-hybridized carbons (Fsp3) is 0.812. The van der Waals surface area contributed by atoms with Crippen LogP contribution in [0.1, 0.15) is 52.9 Å². The van der Waals surface area contributed by atoms with Crippen molar-refractivity contribution in [1.82, 2.24) is 10.7 Å². The number of hydrazone groups is 1. The summed E-state index contributed by atoms with van der Waals surface area (Å²) in [4.78, 5) is 23.6. The zero-order valence-corrected chi connectivity index (χ0v) is 13.3. The van der Waals surface area contributed by atoms with E-state index in [1.165, 1.54) is 6.42 Å². The Hall–Kier alpha value is -1.39. The summed E-state index contributed by atoms with van der Waals surface area (Å²) in [5, 5.41) is 6.78. The van der Waals surface area contributed by atoms with Crippen molar-refractivity contribution >= 4 is 18.0 Å². The summed E-state index contributed by atoms with van der Waals surface area (Å²) in [7, 11) is 0. The first-order valence-corrected chi connectivity index (χ1v) is 7.98. The Morgan fingerprint density at radius 1 is 1.48 bits per heavy atom. The third-order valence-corrected chi connectivity index (χ3v) is 4.51. The van der Waals surface area contributed by atoms with E-state index in [2.05, 4.69) is 36.6 Å². The fourth-order valence-corrected chi connectivity index (χ4v) is 3.77. The number of nitrogens with zero attached hydrogens (tertiary/aromatic N) is 1. The van der Waals surface area contributed by atoms with E-state index in [-0.39, 0.29) is 29.1 Å². The Morgan fingerprint density at radius 2 is 2.24 bits per heavy atom. The summed E-state index contributed by atoms with van der Waals surface area (Å²) in [6.45, 7) is 7.38. The summed E-state index contributed by atoms with van der Waals surface area (Å²) >= 11 is 0. The van der Waals surface area contributed by atoms with Crippen LogP contribution in [0.15, 0.2) is 5.10 Å². The Kier molecular flexibility index (Phi) is 5.01. The first kappa shape index (κ1) is 16.0. The first-order chi connectivity index (χ1) is 9.87. The number of nitrogens with one attached hydrogen (secondary N) is 2. The van der Waals surface area contributed by atoms with Gasteiger partial charge in [-0.15, -0.1) is 0 Å². The third kappa shape index (κ3) is 4.55. The molecule has 1 saturated carbocycles. The molecule has 0 aromatic heterocycles. The summed E-state index contributed by atoms with van der Waals surface area (Å²) < 4.78 is 0. The zero-order valence-electron chi connectivity index (χ0n) is 13.3. The average Bonchev–Trinajstić information content (AvgIpc) is 2.77. The number of rotatable bonds is 5. The summed E-state index contributed by atoms with van der Waals surface area (Å²) in [5.41, 5.74) is 2.69. The highest BCUT2D eigenvalue weighted by atomic mass is 16.2. The average molecular weight is 293 g/mol. The number of hydrogen-bond acceptors (Lipinski definition) is 3. The van der Waals surface area contributed by atoms with Crippen molar-refractivity contribution in [3.8, 4) is 0 Å². The van der Waals surface area contributed by atoms with Crippen LogP contribution in [0.2, 0.25) is 0 Å². The molecule has 0 saturated heterocycles. The normalized spacial score (nSPS) is 31.0. The second-order valence-electron chi connectivity index (χ2n) is 7.40. The van der Waals surface area contributed by atoms with E-state index in [0.29, 0.717) is 12.5 Å². The van der Waals surface area contributed by atoms with E-state index in [9.17, 15) is 9.59 Å². The molecule has 0 aromatic rings. The Balaban J connectivity index is 1.69. The Morgan fingerprint density at radius 3 is 2.86 bits per heavy atom. The van der Waals surface area contributed by atoms with Crippen molar-refractivity contribution in [1.29, 1.82) is 0 Å². The molecule has 2 aliphatic rings. The van der Waals surface area contributed by atoms with Gasteiger partial charge >= 0.3 is 0 Å².